The van der Waals surface area contributed by atoms with Gasteiger partial charge in [-0.25, -0.2) is 4.68 Å². The molecule has 0 radical (unpaired) electrons. The molecular weight excluding hydrogens is 444 g/mol. The maximum atomic E-state index is 5.66. The van der Waals surface area contributed by atoms with Crippen molar-refractivity contribution in [3.05, 3.63) is 59.4 Å². The van der Waals surface area contributed by atoms with Gasteiger partial charge in [-0.3, -0.25) is 9.80 Å². The molecule has 35 heavy (non-hydrogen) atoms. The maximum absolute atomic E-state index is 5.66. The van der Waals surface area contributed by atoms with Gasteiger partial charge in [0.1, 0.15) is 0 Å². The first kappa shape index (κ1) is 24.9. The summed E-state index contributed by atoms with van der Waals surface area (Å²) in [6.45, 7) is 10.9. The molecule has 0 N–H and O–H groups in total. The summed E-state index contributed by atoms with van der Waals surface area (Å²) < 4.78 is 18.8. The fourth-order valence-corrected chi connectivity index (χ4v) is 4.65. The Labute approximate surface area is 207 Å². The highest BCUT2D eigenvalue weighted by Crippen LogP contribution is 2.42. The summed E-state index contributed by atoms with van der Waals surface area (Å²) in [5.41, 5.74) is 2.06. The average Bonchev–Trinajstić information content (AvgIpc) is 3.35. The van der Waals surface area contributed by atoms with Crippen molar-refractivity contribution in [2.45, 2.75) is 38.9 Å². The minimum absolute atomic E-state index is 0.170. The number of methoxy groups -OCH3 is 3. The van der Waals surface area contributed by atoms with E-state index in [0.717, 1.165) is 44.1 Å². The van der Waals surface area contributed by atoms with Crippen molar-refractivity contribution < 1.29 is 14.2 Å². The molecule has 1 atom stereocenters. The van der Waals surface area contributed by atoms with Crippen LogP contribution in [0.1, 0.15) is 43.8 Å². The number of ether oxygens (including phenoxy) is 3. The molecule has 1 aliphatic rings. The first-order valence-electron chi connectivity index (χ1n) is 11.9. The van der Waals surface area contributed by atoms with Crippen LogP contribution >= 0.6 is 0 Å². The van der Waals surface area contributed by atoms with Gasteiger partial charge in [-0.2, -0.15) is 0 Å². The van der Waals surface area contributed by atoms with E-state index in [4.69, 9.17) is 14.2 Å². The van der Waals surface area contributed by atoms with Crippen LogP contribution in [0.2, 0.25) is 0 Å². The Morgan fingerprint density at radius 3 is 2.06 bits per heavy atom. The smallest absolute Gasteiger partial charge is 0.203 e. The Bertz CT molecular complexity index is 1080. The van der Waals surface area contributed by atoms with Crippen LogP contribution in [0.15, 0.2) is 42.5 Å². The molecule has 188 valence electrons. The van der Waals surface area contributed by atoms with Gasteiger partial charge in [0.2, 0.25) is 5.75 Å². The Kier molecular flexibility index (Phi) is 7.57. The van der Waals surface area contributed by atoms with Crippen LogP contribution in [-0.4, -0.2) is 77.5 Å². The molecule has 0 unspecified atom stereocenters. The molecule has 9 heteroatoms. The molecule has 4 rings (SSSR count). The van der Waals surface area contributed by atoms with Gasteiger partial charge in [-0.15, -0.1) is 5.10 Å². The quantitative estimate of drug-likeness (QED) is 0.486. The van der Waals surface area contributed by atoms with E-state index >= 15 is 0 Å². The lowest BCUT2D eigenvalue weighted by atomic mass is 10.00. The van der Waals surface area contributed by atoms with Gasteiger partial charge in [-0.05, 0) is 54.5 Å². The zero-order chi connectivity index (χ0) is 25.0. The van der Waals surface area contributed by atoms with Crippen LogP contribution in [-0.2, 0) is 12.1 Å². The predicted molar refractivity (Wildman–Crippen MR) is 134 cm³/mol. The summed E-state index contributed by atoms with van der Waals surface area (Å²) in [4.78, 5) is 4.93. The first-order valence-corrected chi connectivity index (χ1v) is 11.9. The normalized spacial score (nSPS) is 16.2. The van der Waals surface area contributed by atoms with Crippen LogP contribution in [0.4, 0.5) is 0 Å². The number of hydrogen-bond acceptors (Lipinski definition) is 8. The van der Waals surface area contributed by atoms with Gasteiger partial charge in [0, 0.05) is 32.7 Å². The van der Waals surface area contributed by atoms with E-state index < -0.39 is 0 Å². The second-order valence-electron chi connectivity index (χ2n) is 9.78. The lowest BCUT2D eigenvalue weighted by Gasteiger charge is -2.39. The number of rotatable bonds is 8. The molecule has 1 aromatic heterocycles. The van der Waals surface area contributed by atoms with E-state index in [1.165, 1.54) is 5.56 Å². The van der Waals surface area contributed by atoms with Crippen LogP contribution in [0.25, 0.3) is 0 Å². The second kappa shape index (κ2) is 10.6. The van der Waals surface area contributed by atoms with Crippen molar-refractivity contribution in [3.8, 4) is 17.2 Å². The predicted octanol–water partition coefficient (Wildman–Crippen LogP) is 3.36. The number of piperazine rings is 1. The Balaban J connectivity index is 1.69. The molecule has 0 aliphatic carbocycles. The van der Waals surface area contributed by atoms with E-state index in [0.29, 0.717) is 17.2 Å². The Hall–Kier alpha value is -3.17. The van der Waals surface area contributed by atoms with Crippen LogP contribution in [0.5, 0.6) is 17.2 Å². The highest BCUT2D eigenvalue weighted by atomic mass is 16.5. The number of nitrogens with zero attached hydrogens (tertiary/aromatic N) is 6. The molecule has 1 fully saturated rings. The van der Waals surface area contributed by atoms with Crippen molar-refractivity contribution in [1.82, 2.24) is 30.0 Å². The summed E-state index contributed by atoms with van der Waals surface area (Å²) in [5, 5.41) is 12.9. The van der Waals surface area contributed by atoms with Crippen LogP contribution < -0.4 is 14.2 Å². The molecule has 0 amide bonds. The Morgan fingerprint density at radius 1 is 0.886 bits per heavy atom. The van der Waals surface area contributed by atoms with Gasteiger partial charge in [0.25, 0.3) is 0 Å². The molecule has 1 saturated heterocycles. The van der Waals surface area contributed by atoms with Crippen molar-refractivity contribution in [2.75, 3.05) is 47.5 Å². The topological polar surface area (TPSA) is 77.8 Å². The van der Waals surface area contributed by atoms with E-state index in [1.807, 2.05) is 16.8 Å². The first-order chi connectivity index (χ1) is 16.9. The van der Waals surface area contributed by atoms with Gasteiger partial charge in [0.05, 0.1) is 32.9 Å². The van der Waals surface area contributed by atoms with E-state index in [2.05, 4.69) is 76.4 Å². The fraction of sp³-hybridized carbons (Fsp3) is 0.500. The molecule has 2 heterocycles. The third-order valence-electron chi connectivity index (χ3n) is 6.40. The standard InChI is InChI=1S/C26H36N6O3/c1-26(2,3)32-25(27-28-29-32)23(20-16-21(33-4)24(35-6)22(17-20)34-5)31-14-12-30(13-15-31)18-19-10-8-7-9-11-19/h7-11,16-17,23H,12-15,18H2,1-6H3/t23-/m0/s1. The van der Waals surface area contributed by atoms with Crippen molar-refractivity contribution >= 4 is 0 Å². The van der Waals surface area contributed by atoms with Crippen LogP contribution in [0, 0.1) is 0 Å². The third kappa shape index (κ3) is 5.41. The maximum Gasteiger partial charge on any atom is 0.203 e. The minimum Gasteiger partial charge on any atom is -0.493 e. The Morgan fingerprint density at radius 2 is 1.51 bits per heavy atom. The monoisotopic (exact) mass is 480 g/mol. The fourth-order valence-electron chi connectivity index (χ4n) is 4.65. The zero-order valence-electron chi connectivity index (χ0n) is 21.6. The van der Waals surface area contributed by atoms with E-state index in [1.54, 1.807) is 21.3 Å². The van der Waals surface area contributed by atoms with Crippen molar-refractivity contribution in [1.29, 1.82) is 0 Å². The largest absolute Gasteiger partial charge is 0.493 e. The summed E-state index contributed by atoms with van der Waals surface area (Å²) >= 11 is 0. The number of hydrogen-bond donors (Lipinski definition) is 0. The summed E-state index contributed by atoms with van der Waals surface area (Å²) in [6, 6.07) is 14.5. The summed E-state index contributed by atoms with van der Waals surface area (Å²) in [5.74, 6) is 2.59. The highest BCUT2D eigenvalue weighted by molar-refractivity contribution is 5.55. The van der Waals surface area contributed by atoms with Gasteiger partial charge in [-0.1, -0.05) is 30.3 Å². The van der Waals surface area contributed by atoms with Gasteiger partial charge in [0.15, 0.2) is 17.3 Å². The van der Waals surface area contributed by atoms with Gasteiger partial charge < -0.3 is 14.2 Å². The van der Waals surface area contributed by atoms with E-state index in [9.17, 15) is 0 Å². The van der Waals surface area contributed by atoms with Crippen molar-refractivity contribution in [3.63, 3.8) is 0 Å². The number of tetrazole rings is 1. The molecular formula is C26H36N6O3. The average molecular weight is 481 g/mol. The second-order valence-corrected chi connectivity index (χ2v) is 9.78. The molecule has 0 bridgehead atoms. The summed E-state index contributed by atoms with van der Waals surface area (Å²) in [7, 11) is 4.89. The third-order valence-corrected chi connectivity index (χ3v) is 6.40. The molecule has 9 nitrogen and oxygen atoms in total. The summed E-state index contributed by atoms with van der Waals surface area (Å²) in [6.07, 6.45) is 0. The van der Waals surface area contributed by atoms with E-state index in [-0.39, 0.29) is 11.6 Å². The number of aromatic nitrogens is 4. The number of benzene rings is 2. The molecule has 0 saturated carbocycles. The van der Waals surface area contributed by atoms with Crippen molar-refractivity contribution in [2.24, 2.45) is 0 Å². The molecule has 0 spiro atoms. The molecule has 3 aromatic rings. The lowest BCUT2D eigenvalue weighted by molar-refractivity contribution is 0.0977. The van der Waals surface area contributed by atoms with Gasteiger partial charge >= 0.3 is 0 Å². The highest BCUT2D eigenvalue weighted by Gasteiger charge is 2.34. The minimum atomic E-state index is -0.271. The zero-order valence-corrected chi connectivity index (χ0v) is 21.6. The van der Waals surface area contributed by atoms with Crippen LogP contribution in [0.3, 0.4) is 0 Å². The lowest BCUT2D eigenvalue weighted by Crippen LogP contribution is -2.48. The molecule has 1 aliphatic heterocycles. The SMILES string of the molecule is COc1cc([C@@H](c2nnnn2C(C)(C)C)N2CCN(Cc3ccccc3)CC2)cc(OC)c1OC. The molecule has 2 aromatic carbocycles.